The van der Waals surface area contributed by atoms with Crippen molar-refractivity contribution in [1.29, 1.82) is 0 Å². The van der Waals surface area contributed by atoms with Gasteiger partial charge in [-0.1, -0.05) is 33.6 Å². The highest BCUT2D eigenvalue weighted by molar-refractivity contribution is 9.10. The molecule has 2 aromatic rings. The zero-order chi connectivity index (χ0) is 13.8. The SMILES string of the molecule is Fc1ccc(CNCc2cc(Br)ccc2F)cc1Cl. The van der Waals surface area contributed by atoms with E-state index in [2.05, 4.69) is 21.2 Å². The summed E-state index contributed by atoms with van der Waals surface area (Å²) in [5, 5.41) is 3.18. The van der Waals surface area contributed by atoms with E-state index in [-0.39, 0.29) is 10.8 Å². The Morgan fingerprint density at radius 1 is 1.00 bits per heavy atom. The van der Waals surface area contributed by atoms with Crippen LogP contribution in [0.5, 0.6) is 0 Å². The first kappa shape index (κ1) is 14.4. The van der Waals surface area contributed by atoms with Gasteiger partial charge in [0.15, 0.2) is 0 Å². The molecule has 0 aromatic heterocycles. The molecule has 0 heterocycles. The van der Waals surface area contributed by atoms with Crippen LogP contribution >= 0.6 is 27.5 Å². The molecule has 5 heteroatoms. The van der Waals surface area contributed by atoms with Gasteiger partial charge in [-0.3, -0.25) is 0 Å². The van der Waals surface area contributed by atoms with E-state index >= 15 is 0 Å². The first-order chi connectivity index (χ1) is 9.06. The first-order valence-electron chi connectivity index (χ1n) is 5.65. The van der Waals surface area contributed by atoms with Gasteiger partial charge in [0, 0.05) is 23.1 Å². The van der Waals surface area contributed by atoms with Crippen molar-refractivity contribution in [2.24, 2.45) is 0 Å². The maximum atomic E-state index is 13.5. The molecular formula is C14H11BrClF2N. The minimum Gasteiger partial charge on any atom is -0.309 e. The van der Waals surface area contributed by atoms with Crippen LogP contribution in [-0.4, -0.2) is 0 Å². The van der Waals surface area contributed by atoms with Gasteiger partial charge < -0.3 is 5.32 Å². The lowest BCUT2D eigenvalue weighted by molar-refractivity contribution is 0.587. The fourth-order valence-corrected chi connectivity index (χ4v) is 2.28. The van der Waals surface area contributed by atoms with Crippen molar-refractivity contribution >= 4 is 27.5 Å². The monoisotopic (exact) mass is 345 g/mol. The number of nitrogens with one attached hydrogen (secondary N) is 1. The quantitative estimate of drug-likeness (QED) is 0.848. The summed E-state index contributed by atoms with van der Waals surface area (Å²) in [5.74, 6) is -0.698. The summed E-state index contributed by atoms with van der Waals surface area (Å²) in [5.41, 5.74) is 1.42. The van der Waals surface area contributed by atoms with Gasteiger partial charge in [-0.25, -0.2) is 8.78 Å². The van der Waals surface area contributed by atoms with E-state index in [0.29, 0.717) is 18.7 Å². The lowest BCUT2D eigenvalue weighted by Gasteiger charge is -2.07. The third kappa shape index (κ3) is 4.00. The lowest BCUT2D eigenvalue weighted by Crippen LogP contribution is -2.13. The Hall–Kier alpha value is -0.970. The van der Waals surface area contributed by atoms with E-state index in [9.17, 15) is 8.78 Å². The van der Waals surface area contributed by atoms with Gasteiger partial charge in [0.05, 0.1) is 5.02 Å². The van der Waals surface area contributed by atoms with Crippen LogP contribution in [0.4, 0.5) is 8.78 Å². The zero-order valence-corrected chi connectivity index (χ0v) is 12.2. The highest BCUT2D eigenvalue weighted by atomic mass is 79.9. The standard InChI is InChI=1S/C14H11BrClF2N/c15-11-2-4-13(17)10(6-11)8-19-7-9-1-3-14(18)12(16)5-9/h1-6,19H,7-8H2. The normalized spacial score (nSPS) is 10.7. The summed E-state index contributed by atoms with van der Waals surface area (Å²) in [7, 11) is 0. The summed E-state index contributed by atoms with van der Waals surface area (Å²) < 4.78 is 27.3. The van der Waals surface area contributed by atoms with E-state index in [1.54, 1.807) is 24.3 Å². The van der Waals surface area contributed by atoms with E-state index < -0.39 is 5.82 Å². The van der Waals surface area contributed by atoms with Gasteiger partial charge >= 0.3 is 0 Å². The number of hydrogen-bond acceptors (Lipinski definition) is 1. The fraction of sp³-hybridized carbons (Fsp3) is 0.143. The maximum Gasteiger partial charge on any atom is 0.141 e. The second kappa shape index (κ2) is 6.46. The van der Waals surface area contributed by atoms with Crippen LogP contribution in [0.3, 0.4) is 0 Å². The number of halogens is 4. The topological polar surface area (TPSA) is 12.0 Å². The van der Waals surface area contributed by atoms with E-state index in [0.717, 1.165) is 10.0 Å². The zero-order valence-electron chi connectivity index (χ0n) is 9.89. The average molecular weight is 347 g/mol. The molecule has 0 aliphatic heterocycles. The van der Waals surface area contributed by atoms with Gasteiger partial charge in [0.1, 0.15) is 11.6 Å². The van der Waals surface area contributed by atoms with Crippen molar-refractivity contribution in [2.45, 2.75) is 13.1 Å². The smallest absolute Gasteiger partial charge is 0.141 e. The first-order valence-corrected chi connectivity index (χ1v) is 6.82. The molecule has 0 unspecified atom stereocenters. The third-order valence-electron chi connectivity index (χ3n) is 2.64. The largest absolute Gasteiger partial charge is 0.309 e. The molecule has 0 spiro atoms. The Labute approximate surface area is 123 Å². The summed E-state index contributed by atoms with van der Waals surface area (Å²) >= 11 is 8.98. The van der Waals surface area contributed by atoms with Crippen molar-refractivity contribution in [2.75, 3.05) is 0 Å². The molecule has 0 saturated carbocycles. The Kier molecular flexibility index (Phi) is 4.91. The number of benzene rings is 2. The molecule has 0 saturated heterocycles. The molecule has 2 rings (SSSR count). The number of hydrogen-bond donors (Lipinski definition) is 1. The molecule has 19 heavy (non-hydrogen) atoms. The predicted octanol–water partition coefficient (Wildman–Crippen LogP) is 4.67. The molecule has 1 nitrogen and oxygen atoms in total. The maximum absolute atomic E-state index is 13.5. The second-order valence-corrected chi connectivity index (χ2v) is 5.41. The molecule has 0 aliphatic carbocycles. The molecule has 0 bridgehead atoms. The van der Waals surface area contributed by atoms with Crippen LogP contribution in [-0.2, 0) is 13.1 Å². The third-order valence-corrected chi connectivity index (χ3v) is 3.42. The fourth-order valence-electron chi connectivity index (χ4n) is 1.67. The summed E-state index contributed by atoms with van der Waals surface area (Å²) in [6.45, 7) is 0.881. The van der Waals surface area contributed by atoms with Crippen molar-refractivity contribution in [3.63, 3.8) is 0 Å². The minimum atomic E-state index is -0.441. The molecular weight excluding hydrogens is 336 g/mol. The number of rotatable bonds is 4. The second-order valence-electron chi connectivity index (χ2n) is 4.09. The van der Waals surface area contributed by atoms with E-state index in [4.69, 9.17) is 11.6 Å². The molecule has 0 aliphatic rings. The van der Waals surface area contributed by atoms with Gasteiger partial charge in [0.25, 0.3) is 0 Å². The molecule has 0 atom stereocenters. The van der Waals surface area contributed by atoms with Crippen molar-refractivity contribution in [3.05, 3.63) is 68.7 Å². The van der Waals surface area contributed by atoms with Crippen molar-refractivity contribution in [3.8, 4) is 0 Å². The molecule has 0 radical (unpaired) electrons. The van der Waals surface area contributed by atoms with Gasteiger partial charge in [-0.05, 0) is 35.9 Å². The summed E-state index contributed by atoms with van der Waals surface area (Å²) in [6, 6.07) is 9.31. The van der Waals surface area contributed by atoms with E-state index in [1.165, 1.54) is 12.1 Å². The Morgan fingerprint density at radius 2 is 1.74 bits per heavy atom. The highest BCUT2D eigenvalue weighted by Crippen LogP contribution is 2.17. The van der Waals surface area contributed by atoms with Gasteiger partial charge in [-0.15, -0.1) is 0 Å². The molecule has 2 aromatic carbocycles. The van der Waals surface area contributed by atoms with Gasteiger partial charge in [0.2, 0.25) is 0 Å². The Balaban J connectivity index is 1.96. The van der Waals surface area contributed by atoms with Crippen LogP contribution < -0.4 is 5.32 Å². The molecule has 0 amide bonds. The van der Waals surface area contributed by atoms with Crippen LogP contribution in [0.25, 0.3) is 0 Å². The Bertz CT molecular complexity index is 590. The summed E-state index contributed by atoms with van der Waals surface area (Å²) in [4.78, 5) is 0. The lowest BCUT2D eigenvalue weighted by atomic mass is 10.2. The van der Waals surface area contributed by atoms with Crippen LogP contribution in [0.2, 0.25) is 5.02 Å². The van der Waals surface area contributed by atoms with Crippen molar-refractivity contribution in [1.82, 2.24) is 5.32 Å². The minimum absolute atomic E-state index is 0.0907. The molecule has 100 valence electrons. The average Bonchev–Trinajstić information content (AvgIpc) is 2.38. The van der Waals surface area contributed by atoms with Gasteiger partial charge in [-0.2, -0.15) is 0 Å². The van der Waals surface area contributed by atoms with Crippen molar-refractivity contribution < 1.29 is 8.78 Å². The Morgan fingerprint density at radius 3 is 2.47 bits per heavy atom. The van der Waals surface area contributed by atoms with Crippen LogP contribution in [0.1, 0.15) is 11.1 Å². The van der Waals surface area contributed by atoms with E-state index in [1.807, 2.05) is 0 Å². The molecule has 0 fully saturated rings. The molecule has 1 N–H and O–H groups in total. The predicted molar refractivity (Wildman–Crippen MR) is 76.1 cm³/mol. The van der Waals surface area contributed by atoms with Crippen LogP contribution in [0, 0.1) is 11.6 Å². The highest BCUT2D eigenvalue weighted by Gasteiger charge is 2.04. The van der Waals surface area contributed by atoms with Crippen LogP contribution in [0.15, 0.2) is 40.9 Å². The summed E-state index contributed by atoms with van der Waals surface area (Å²) in [6.07, 6.45) is 0.